The number of fused-ring (bicyclic) bond motifs is 6. The van der Waals surface area contributed by atoms with E-state index in [1.54, 1.807) is 0 Å². The second kappa shape index (κ2) is 21.7. The van der Waals surface area contributed by atoms with Crippen LogP contribution in [0.1, 0.15) is 50.1 Å². The Morgan fingerprint density at radius 1 is 0.290 bits per heavy atom. The van der Waals surface area contributed by atoms with Crippen LogP contribution in [0.15, 0.2) is 182 Å². The number of alkyl halides is 21. The van der Waals surface area contributed by atoms with Crippen LogP contribution in [-0.4, -0.2) is 14.1 Å². The van der Waals surface area contributed by atoms with Gasteiger partial charge in [0.05, 0.1) is 77.9 Å². The molecule has 0 atom stereocenters. The molecule has 93 heavy (non-hydrogen) atoms. The largest absolute Gasteiger partial charge is 0.416 e. The van der Waals surface area contributed by atoms with Gasteiger partial charge in [-0.25, -0.2) is 0 Å². The van der Waals surface area contributed by atoms with E-state index in [0.717, 1.165) is 36.4 Å². The van der Waals surface area contributed by atoms with Gasteiger partial charge in [-0.3, -0.25) is 4.98 Å². The third kappa shape index (κ3) is 11.8. The molecule has 0 saturated heterocycles. The topological polar surface area (TPSA) is 46.5 Å². The van der Waals surface area contributed by atoms with Crippen molar-refractivity contribution in [3.8, 4) is 73.1 Å². The summed E-state index contributed by atoms with van der Waals surface area (Å²) in [4.78, 5) is 4.10. The maximum Gasteiger partial charge on any atom is 0.416 e. The highest BCUT2D eigenvalue weighted by molar-refractivity contribution is 6.13. The van der Waals surface area contributed by atoms with E-state index in [1.165, 1.54) is 107 Å². The number of hydrogen-bond acceptors (Lipinski definition) is 2. The highest BCUT2D eigenvalue weighted by atomic mass is 19.4. The molecule has 3 aromatic heterocycles. The third-order valence-electron chi connectivity index (χ3n) is 15.7. The molecule has 25 heteroatoms. The van der Waals surface area contributed by atoms with Gasteiger partial charge in [-0.2, -0.15) is 97.5 Å². The van der Waals surface area contributed by atoms with Crippen LogP contribution in [0.2, 0.25) is 0 Å². The molecule has 0 fully saturated rings. The number of pyridine rings is 1. The van der Waals surface area contributed by atoms with Crippen molar-refractivity contribution in [1.82, 2.24) is 14.1 Å². The Bertz CT molecular complexity index is 4840. The second-order valence-corrected chi connectivity index (χ2v) is 21.8. The standard InChI is InChI=1S/C68H33F21N4/c1-33-14-39(16-44(15-33)62(69,70)71)35-2-6-53-54-9-5-38(42-21-49(67(84,85)86)30-50(22-42)68(87,88)89)26-60(54)93(59(53)23-35)61-27-43(32-90)56(31-55(61)34-10-12-91-13-11-34)92-57-24-36(40-17-45(63(72,73)74)28-46(18-40)64(75,76)77)3-7-51(57)52-8-4-37(25-58(52)92)41-19-47(65(78,79)80)29-48(20-41)66(81,82)83/h2-31H,1H3. The number of halogens is 21. The number of hydrogen-bond donors (Lipinski definition) is 0. The first-order valence-corrected chi connectivity index (χ1v) is 27.1. The van der Waals surface area contributed by atoms with Crippen molar-refractivity contribution in [2.45, 2.75) is 50.2 Å². The van der Waals surface area contributed by atoms with E-state index in [0.29, 0.717) is 36.4 Å². The van der Waals surface area contributed by atoms with Crippen LogP contribution >= 0.6 is 0 Å². The molecule has 0 saturated carbocycles. The van der Waals surface area contributed by atoms with E-state index in [4.69, 9.17) is 0 Å². The molecule has 4 nitrogen and oxygen atoms in total. The molecule has 472 valence electrons. The summed E-state index contributed by atoms with van der Waals surface area (Å²) >= 11 is 0. The van der Waals surface area contributed by atoms with Gasteiger partial charge in [-0.05, 0) is 178 Å². The minimum absolute atomic E-state index is 0.00237. The molecule has 0 aliphatic heterocycles. The first-order valence-electron chi connectivity index (χ1n) is 27.1. The predicted octanol–water partition coefficient (Wildman–Crippen LogP) is 22.9. The van der Waals surface area contributed by atoms with Crippen molar-refractivity contribution in [2.24, 2.45) is 0 Å². The quantitative estimate of drug-likeness (QED) is 0.149. The van der Waals surface area contributed by atoms with Crippen LogP contribution in [0.3, 0.4) is 0 Å². The Balaban J connectivity index is 1.21. The zero-order valence-electron chi connectivity index (χ0n) is 46.5. The molecule has 9 aromatic carbocycles. The fourth-order valence-corrected chi connectivity index (χ4v) is 11.6. The number of benzene rings is 9. The number of nitriles is 1. The molecular formula is C68H33F21N4. The summed E-state index contributed by atoms with van der Waals surface area (Å²) in [7, 11) is 0. The van der Waals surface area contributed by atoms with Crippen LogP contribution < -0.4 is 0 Å². The Kier molecular flexibility index (Phi) is 14.7. The normalized spacial score (nSPS) is 13.0. The lowest BCUT2D eigenvalue weighted by Gasteiger charge is -2.20. The zero-order chi connectivity index (χ0) is 67.0. The Hall–Kier alpha value is -10.3. The summed E-state index contributed by atoms with van der Waals surface area (Å²) in [5.41, 5.74) is -14.2. The Labute approximate surface area is 509 Å². The highest BCUT2D eigenvalue weighted by Gasteiger charge is 2.41. The van der Waals surface area contributed by atoms with Gasteiger partial charge in [-0.1, -0.05) is 54.6 Å². The van der Waals surface area contributed by atoms with Crippen molar-refractivity contribution >= 4 is 43.6 Å². The average molecular weight is 1300 g/mol. The van der Waals surface area contributed by atoms with Crippen molar-refractivity contribution in [3.05, 3.63) is 232 Å². The van der Waals surface area contributed by atoms with E-state index in [9.17, 15) is 97.5 Å². The van der Waals surface area contributed by atoms with Gasteiger partial charge < -0.3 is 9.13 Å². The van der Waals surface area contributed by atoms with Crippen LogP contribution in [0.25, 0.3) is 111 Å². The maximum absolute atomic E-state index is 14.4. The lowest BCUT2D eigenvalue weighted by Crippen LogP contribution is -2.11. The number of aromatic nitrogens is 3. The third-order valence-corrected chi connectivity index (χ3v) is 15.7. The fraction of sp³-hybridized carbons (Fsp3) is 0.118. The molecular weight excluding hydrogens is 1270 g/mol. The lowest BCUT2D eigenvalue weighted by molar-refractivity contribution is -0.144. The smallest absolute Gasteiger partial charge is 0.309 e. The lowest BCUT2D eigenvalue weighted by atomic mass is 9.97. The highest BCUT2D eigenvalue weighted by Crippen LogP contribution is 2.48. The van der Waals surface area contributed by atoms with E-state index in [-0.39, 0.29) is 118 Å². The summed E-state index contributed by atoms with van der Waals surface area (Å²) in [5, 5.41) is 12.2. The van der Waals surface area contributed by atoms with Gasteiger partial charge in [0.2, 0.25) is 0 Å². The van der Waals surface area contributed by atoms with Crippen molar-refractivity contribution in [2.75, 3.05) is 0 Å². The fourth-order valence-electron chi connectivity index (χ4n) is 11.6. The predicted molar refractivity (Wildman–Crippen MR) is 305 cm³/mol. The van der Waals surface area contributed by atoms with E-state index < -0.39 is 104 Å². The monoisotopic (exact) mass is 1300 g/mol. The molecule has 0 bridgehead atoms. The molecule has 12 aromatic rings. The van der Waals surface area contributed by atoms with E-state index in [1.807, 2.05) is 0 Å². The number of rotatable bonds is 7. The molecule has 0 spiro atoms. The van der Waals surface area contributed by atoms with Crippen LogP contribution in [0.5, 0.6) is 0 Å². The van der Waals surface area contributed by atoms with Gasteiger partial charge in [0, 0.05) is 39.5 Å². The Morgan fingerprint density at radius 2 is 0.570 bits per heavy atom. The summed E-state index contributed by atoms with van der Waals surface area (Å²) in [6.07, 6.45) is -34.2. The summed E-state index contributed by atoms with van der Waals surface area (Å²) in [5.74, 6) is 0. The number of nitrogens with zero attached hydrogens (tertiary/aromatic N) is 4. The van der Waals surface area contributed by atoms with Gasteiger partial charge in [0.25, 0.3) is 0 Å². The van der Waals surface area contributed by atoms with Gasteiger partial charge in [0.1, 0.15) is 6.07 Å². The SMILES string of the molecule is Cc1cc(-c2ccc3c4ccc(-c5cc(C(F)(F)F)cc(C(F)(F)F)c5)cc4n(-c4cc(C#N)c(-n5c6cc(-c7cc(C(F)(F)F)cc(C(F)(F)F)c7)ccc6c6ccc(-c7cc(C(F)(F)F)cc(C(F)(F)F)c7)cc65)cc4-c4ccncc4)c3c2)cc(C(F)(F)F)c1. The second-order valence-electron chi connectivity index (χ2n) is 21.8. The maximum atomic E-state index is 14.4. The molecule has 12 rings (SSSR count). The van der Waals surface area contributed by atoms with E-state index in [2.05, 4.69) is 11.1 Å². The summed E-state index contributed by atoms with van der Waals surface area (Å²) < 4.78 is 305. The zero-order valence-corrected chi connectivity index (χ0v) is 46.5. The van der Waals surface area contributed by atoms with Crippen molar-refractivity contribution in [1.29, 1.82) is 5.26 Å². The first-order chi connectivity index (χ1) is 43.3. The number of aryl methyl sites for hydroxylation is 1. The van der Waals surface area contributed by atoms with Crippen LogP contribution in [0, 0.1) is 18.3 Å². The van der Waals surface area contributed by atoms with Gasteiger partial charge in [0.15, 0.2) is 0 Å². The minimum atomic E-state index is -5.33. The molecule has 0 aliphatic rings. The summed E-state index contributed by atoms with van der Waals surface area (Å²) in [6.45, 7) is 1.41. The average Bonchev–Trinajstić information content (AvgIpc) is 1.59. The van der Waals surface area contributed by atoms with E-state index >= 15 is 0 Å². The van der Waals surface area contributed by atoms with Crippen molar-refractivity contribution in [3.63, 3.8) is 0 Å². The van der Waals surface area contributed by atoms with Crippen molar-refractivity contribution < 1.29 is 92.2 Å². The first kappa shape index (κ1) is 62.9. The molecule has 0 aliphatic carbocycles. The molecule has 0 unspecified atom stereocenters. The van der Waals surface area contributed by atoms with Crippen LogP contribution in [-0.2, 0) is 43.2 Å². The van der Waals surface area contributed by atoms with Gasteiger partial charge >= 0.3 is 43.2 Å². The van der Waals surface area contributed by atoms with Gasteiger partial charge in [-0.15, -0.1) is 0 Å². The summed E-state index contributed by atoms with van der Waals surface area (Å²) in [6, 6.07) is 28.5. The molecule has 3 heterocycles. The minimum Gasteiger partial charge on any atom is -0.309 e. The molecule has 0 N–H and O–H groups in total. The molecule has 0 amide bonds. The van der Waals surface area contributed by atoms with Crippen LogP contribution in [0.4, 0.5) is 92.2 Å². The Morgan fingerprint density at radius 3 is 0.860 bits per heavy atom. The molecule has 0 radical (unpaired) electrons.